The Morgan fingerprint density at radius 2 is 1.96 bits per heavy atom. The lowest BCUT2D eigenvalue weighted by atomic mass is 10.2. The number of nitrogens with one attached hydrogen (secondary N) is 1. The van der Waals surface area contributed by atoms with E-state index in [1.54, 1.807) is 35.7 Å². The second kappa shape index (κ2) is 8.44. The van der Waals surface area contributed by atoms with E-state index in [0.29, 0.717) is 21.4 Å². The maximum atomic E-state index is 12.2. The van der Waals surface area contributed by atoms with Gasteiger partial charge >= 0.3 is 5.97 Å². The van der Waals surface area contributed by atoms with Gasteiger partial charge < -0.3 is 14.8 Å². The number of hydrogen-bond donors (Lipinski definition) is 1. The molecule has 1 aliphatic rings. The Balaban J connectivity index is 1.84. The van der Waals surface area contributed by atoms with Crippen molar-refractivity contribution in [3.63, 3.8) is 0 Å². The van der Waals surface area contributed by atoms with E-state index >= 15 is 0 Å². The highest BCUT2D eigenvalue weighted by Crippen LogP contribution is 2.41. The van der Waals surface area contributed by atoms with Gasteiger partial charge in [-0.15, -0.1) is 16.4 Å². The van der Waals surface area contributed by atoms with E-state index in [2.05, 4.69) is 10.4 Å². The average molecular weight is 419 g/mol. The van der Waals surface area contributed by atoms with E-state index in [9.17, 15) is 14.4 Å². The van der Waals surface area contributed by atoms with E-state index in [4.69, 9.17) is 9.47 Å². The first-order chi connectivity index (χ1) is 13.4. The molecular formula is C18H17N3O5S2. The van der Waals surface area contributed by atoms with Crippen molar-refractivity contribution in [3.8, 4) is 11.5 Å². The minimum Gasteiger partial charge on any atom is -0.493 e. The highest BCUT2D eigenvalue weighted by atomic mass is 32.2. The highest BCUT2D eigenvalue weighted by molar-refractivity contribution is 8.14. The molecule has 0 aliphatic carbocycles. The molecule has 1 atom stereocenters. The Kier molecular flexibility index (Phi) is 6.00. The van der Waals surface area contributed by atoms with Gasteiger partial charge in [-0.05, 0) is 29.1 Å². The molecule has 0 saturated heterocycles. The predicted molar refractivity (Wildman–Crippen MR) is 106 cm³/mol. The number of benzene rings is 1. The standard InChI is InChI=1S/C18H17N3O5S2/c1-10(22)19-18-20-21(11(2)23)16(28-18)12-6-7-13(14(9-12)25-3)26-17(24)15-5-4-8-27-15/h4-9,16H,1-3H3,(H,19,20,22). The van der Waals surface area contributed by atoms with Gasteiger partial charge in [-0.2, -0.15) is 0 Å². The van der Waals surface area contributed by atoms with Crippen molar-refractivity contribution in [3.05, 3.63) is 46.2 Å². The van der Waals surface area contributed by atoms with Crippen molar-refractivity contribution < 1.29 is 23.9 Å². The molecule has 1 unspecified atom stereocenters. The van der Waals surface area contributed by atoms with Gasteiger partial charge in [-0.1, -0.05) is 23.9 Å². The van der Waals surface area contributed by atoms with Gasteiger partial charge in [0.2, 0.25) is 11.8 Å². The van der Waals surface area contributed by atoms with E-state index in [-0.39, 0.29) is 17.6 Å². The van der Waals surface area contributed by atoms with E-state index < -0.39 is 11.3 Å². The number of methoxy groups -OCH3 is 1. The first kappa shape index (κ1) is 19.9. The third-order valence-electron chi connectivity index (χ3n) is 3.65. The molecule has 0 spiro atoms. The molecule has 0 saturated carbocycles. The largest absolute Gasteiger partial charge is 0.493 e. The van der Waals surface area contributed by atoms with E-state index in [0.717, 1.165) is 0 Å². The SMILES string of the molecule is COc1cc(C2SC(NC(C)=O)=NN2C(C)=O)ccc1OC(=O)c1cccs1. The molecule has 1 aromatic heterocycles. The number of thiophene rings is 1. The summed E-state index contributed by atoms with van der Waals surface area (Å²) in [5, 5.41) is 9.67. The number of amides is 2. The van der Waals surface area contributed by atoms with Crippen LogP contribution in [0.5, 0.6) is 11.5 Å². The first-order valence-electron chi connectivity index (χ1n) is 8.15. The van der Waals surface area contributed by atoms with Gasteiger partial charge in [0.1, 0.15) is 10.3 Å². The molecule has 0 bridgehead atoms. The summed E-state index contributed by atoms with van der Waals surface area (Å²) >= 11 is 2.51. The lowest BCUT2D eigenvalue weighted by Gasteiger charge is -2.20. The number of amidine groups is 1. The molecule has 146 valence electrons. The first-order valence-corrected chi connectivity index (χ1v) is 9.91. The van der Waals surface area contributed by atoms with Gasteiger partial charge in [-0.25, -0.2) is 9.80 Å². The van der Waals surface area contributed by atoms with Gasteiger partial charge in [0.05, 0.1) is 7.11 Å². The van der Waals surface area contributed by atoms with Crippen LogP contribution in [0, 0.1) is 0 Å². The second-order valence-electron chi connectivity index (χ2n) is 5.70. The second-order valence-corrected chi connectivity index (χ2v) is 7.71. The molecule has 3 rings (SSSR count). The van der Waals surface area contributed by atoms with Crippen LogP contribution in [0.3, 0.4) is 0 Å². The number of hydrazone groups is 1. The van der Waals surface area contributed by atoms with Crippen molar-refractivity contribution in [2.45, 2.75) is 19.2 Å². The Morgan fingerprint density at radius 3 is 2.57 bits per heavy atom. The van der Waals surface area contributed by atoms with E-state index in [1.165, 1.54) is 49.1 Å². The number of carbonyl (C=O) groups is 3. The summed E-state index contributed by atoms with van der Waals surface area (Å²) in [4.78, 5) is 35.9. The average Bonchev–Trinajstić information content (AvgIpc) is 3.31. The fraction of sp³-hybridized carbons (Fsp3) is 0.222. The quantitative estimate of drug-likeness (QED) is 0.604. The number of hydrogen-bond acceptors (Lipinski definition) is 8. The summed E-state index contributed by atoms with van der Waals surface area (Å²) < 4.78 is 10.8. The smallest absolute Gasteiger partial charge is 0.353 e. The summed E-state index contributed by atoms with van der Waals surface area (Å²) in [6.07, 6.45) is 0. The molecule has 28 heavy (non-hydrogen) atoms. The maximum absolute atomic E-state index is 12.2. The van der Waals surface area contributed by atoms with Crippen LogP contribution in [-0.4, -0.2) is 35.1 Å². The molecule has 8 nitrogen and oxygen atoms in total. The fourth-order valence-electron chi connectivity index (χ4n) is 2.45. The third-order valence-corrected chi connectivity index (χ3v) is 5.60. The van der Waals surface area contributed by atoms with Gasteiger partial charge in [-0.3, -0.25) is 9.59 Å². The fourth-order valence-corrected chi connectivity index (χ4v) is 4.17. The van der Waals surface area contributed by atoms with Crippen LogP contribution < -0.4 is 14.8 Å². The van der Waals surface area contributed by atoms with Crippen LogP contribution in [0.15, 0.2) is 40.8 Å². The van der Waals surface area contributed by atoms with Crippen LogP contribution in [0.4, 0.5) is 0 Å². The Hall–Kier alpha value is -2.85. The van der Waals surface area contributed by atoms with Crippen LogP contribution in [-0.2, 0) is 9.59 Å². The number of ether oxygens (including phenoxy) is 2. The molecule has 0 fully saturated rings. The van der Waals surface area contributed by atoms with Gasteiger partial charge in [0.25, 0.3) is 0 Å². The Labute approximate surface area is 169 Å². The molecule has 1 aliphatic heterocycles. The number of rotatable bonds is 4. The number of thioether (sulfide) groups is 1. The Morgan fingerprint density at radius 1 is 1.18 bits per heavy atom. The van der Waals surface area contributed by atoms with Crippen molar-refractivity contribution in [2.75, 3.05) is 7.11 Å². The molecule has 2 aromatic rings. The third kappa shape index (κ3) is 4.34. The lowest BCUT2D eigenvalue weighted by Crippen LogP contribution is -2.25. The zero-order valence-corrected chi connectivity index (χ0v) is 16.9. The summed E-state index contributed by atoms with van der Waals surface area (Å²) in [5.74, 6) is -0.406. The van der Waals surface area contributed by atoms with Crippen molar-refractivity contribution in [1.82, 2.24) is 10.3 Å². The predicted octanol–water partition coefficient (Wildman–Crippen LogP) is 2.98. The number of nitrogens with zero attached hydrogens (tertiary/aromatic N) is 2. The molecule has 0 radical (unpaired) electrons. The molecule has 1 N–H and O–H groups in total. The van der Waals surface area contributed by atoms with Crippen molar-refractivity contribution >= 4 is 46.0 Å². The summed E-state index contributed by atoms with van der Waals surface area (Å²) in [6.45, 7) is 2.76. The Bertz CT molecular complexity index is 943. The zero-order valence-electron chi connectivity index (χ0n) is 15.3. The van der Waals surface area contributed by atoms with Gasteiger partial charge in [0.15, 0.2) is 16.7 Å². The molecule has 2 amide bonds. The minimum atomic E-state index is -0.477. The normalized spacial score (nSPS) is 15.8. The lowest BCUT2D eigenvalue weighted by molar-refractivity contribution is -0.129. The molecular weight excluding hydrogens is 402 g/mol. The van der Waals surface area contributed by atoms with Crippen LogP contribution in [0.2, 0.25) is 0 Å². The molecule has 2 heterocycles. The van der Waals surface area contributed by atoms with Crippen LogP contribution >= 0.6 is 23.1 Å². The molecule has 10 heteroatoms. The van der Waals surface area contributed by atoms with Crippen LogP contribution in [0.25, 0.3) is 0 Å². The van der Waals surface area contributed by atoms with E-state index in [1.807, 2.05) is 0 Å². The number of esters is 1. The number of carbonyl (C=O) groups excluding carboxylic acids is 3. The maximum Gasteiger partial charge on any atom is 0.353 e. The van der Waals surface area contributed by atoms with Crippen molar-refractivity contribution in [1.29, 1.82) is 0 Å². The van der Waals surface area contributed by atoms with Crippen LogP contribution in [0.1, 0.15) is 34.5 Å². The molecule has 1 aromatic carbocycles. The zero-order chi connectivity index (χ0) is 20.3. The van der Waals surface area contributed by atoms with Crippen molar-refractivity contribution in [2.24, 2.45) is 5.10 Å². The highest BCUT2D eigenvalue weighted by Gasteiger charge is 2.33. The summed E-state index contributed by atoms with van der Waals surface area (Å²) in [6, 6.07) is 8.45. The summed E-state index contributed by atoms with van der Waals surface area (Å²) in [7, 11) is 1.46. The van der Waals surface area contributed by atoms with Gasteiger partial charge in [0, 0.05) is 13.8 Å². The minimum absolute atomic E-state index is 0.269. The topological polar surface area (TPSA) is 97.3 Å². The summed E-state index contributed by atoms with van der Waals surface area (Å²) in [5.41, 5.74) is 0.706. The monoisotopic (exact) mass is 419 g/mol.